The van der Waals surface area contributed by atoms with Crippen LogP contribution in [-0.4, -0.2) is 49.6 Å². The zero-order valence-corrected chi connectivity index (χ0v) is 9.50. The van der Waals surface area contributed by atoms with Gasteiger partial charge in [-0.1, -0.05) is 0 Å². The highest BCUT2D eigenvalue weighted by atomic mass is 16.2. The van der Waals surface area contributed by atoms with Crippen molar-refractivity contribution in [2.24, 2.45) is 5.73 Å². The number of nitrogens with one attached hydrogen (secondary N) is 2. The van der Waals surface area contributed by atoms with E-state index in [0.717, 1.165) is 19.5 Å². The smallest absolute Gasteiger partial charge is 0.318 e. The van der Waals surface area contributed by atoms with Crippen LogP contribution >= 0.6 is 0 Å². The van der Waals surface area contributed by atoms with Crippen LogP contribution in [0.5, 0.6) is 0 Å². The second kappa shape index (κ2) is 7.19. The van der Waals surface area contributed by atoms with Crippen molar-refractivity contribution in [1.29, 1.82) is 0 Å². The number of primary amides is 1. The number of nitrogens with two attached hydrogens (primary N) is 1. The van der Waals surface area contributed by atoms with Crippen LogP contribution in [0, 0.1) is 0 Å². The van der Waals surface area contributed by atoms with E-state index < -0.39 is 6.03 Å². The van der Waals surface area contributed by atoms with Crippen molar-refractivity contribution in [3.63, 3.8) is 0 Å². The van der Waals surface area contributed by atoms with Crippen LogP contribution < -0.4 is 16.4 Å². The molecule has 1 aliphatic rings. The fourth-order valence-corrected chi connectivity index (χ4v) is 1.82. The highest BCUT2D eigenvalue weighted by Gasteiger charge is 2.10. The molecule has 1 heterocycles. The van der Waals surface area contributed by atoms with Crippen molar-refractivity contribution in [1.82, 2.24) is 15.5 Å². The number of carbonyl (C=O) groups excluding carboxylic acids is 2. The average molecular weight is 228 g/mol. The molecular formula is C10H20N4O2. The molecule has 0 bridgehead atoms. The van der Waals surface area contributed by atoms with Gasteiger partial charge in [-0.15, -0.1) is 0 Å². The van der Waals surface area contributed by atoms with Crippen LogP contribution in [0.1, 0.15) is 19.3 Å². The summed E-state index contributed by atoms with van der Waals surface area (Å²) in [7, 11) is 0. The minimum absolute atomic E-state index is 0.142. The molecule has 3 amide bonds. The summed E-state index contributed by atoms with van der Waals surface area (Å²) < 4.78 is 0. The Morgan fingerprint density at radius 2 is 1.94 bits per heavy atom. The first-order valence-corrected chi connectivity index (χ1v) is 5.71. The number of amides is 3. The highest BCUT2D eigenvalue weighted by Crippen LogP contribution is 2.06. The Morgan fingerprint density at radius 1 is 1.25 bits per heavy atom. The van der Waals surface area contributed by atoms with E-state index in [1.807, 2.05) is 5.32 Å². The minimum atomic E-state index is -0.802. The molecule has 92 valence electrons. The van der Waals surface area contributed by atoms with E-state index in [0.29, 0.717) is 0 Å². The third kappa shape index (κ3) is 5.67. The predicted octanol–water partition coefficient (Wildman–Crippen LogP) is -0.743. The summed E-state index contributed by atoms with van der Waals surface area (Å²) in [5.41, 5.74) is 4.80. The van der Waals surface area contributed by atoms with Crippen LogP contribution in [0.15, 0.2) is 0 Å². The van der Waals surface area contributed by atoms with Crippen LogP contribution in [0.3, 0.4) is 0 Å². The van der Waals surface area contributed by atoms with E-state index in [2.05, 4.69) is 10.2 Å². The molecule has 0 saturated carbocycles. The Labute approximate surface area is 95.5 Å². The fraction of sp³-hybridized carbons (Fsp3) is 0.800. The van der Waals surface area contributed by atoms with Gasteiger partial charge < -0.3 is 16.0 Å². The summed E-state index contributed by atoms with van der Waals surface area (Å²) >= 11 is 0. The van der Waals surface area contributed by atoms with E-state index in [4.69, 9.17) is 5.73 Å². The average Bonchev–Trinajstić information content (AvgIpc) is 2.68. The van der Waals surface area contributed by atoms with Gasteiger partial charge in [-0.3, -0.25) is 10.1 Å². The van der Waals surface area contributed by atoms with Crippen molar-refractivity contribution in [3.05, 3.63) is 0 Å². The van der Waals surface area contributed by atoms with Crippen LogP contribution in [-0.2, 0) is 4.79 Å². The van der Waals surface area contributed by atoms with Crippen LogP contribution in [0.2, 0.25) is 0 Å². The summed E-state index contributed by atoms with van der Waals surface area (Å²) in [6, 6.07) is -0.802. The number of likely N-dealkylation sites (tertiary alicyclic amines) is 1. The van der Waals surface area contributed by atoms with E-state index >= 15 is 0 Å². The second-order valence-corrected chi connectivity index (χ2v) is 3.99. The van der Waals surface area contributed by atoms with Gasteiger partial charge in [0.1, 0.15) is 0 Å². The maximum atomic E-state index is 11.0. The normalized spacial score (nSPS) is 16.2. The highest BCUT2D eigenvalue weighted by molar-refractivity contribution is 5.94. The van der Waals surface area contributed by atoms with Gasteiger partial charge in [0.05, 0.1) is 6.54 Å². The summed E-state index contributed by atoms with van der Waals surface area (Å²) in [6.45, 7) is 4.39. The molecule has 0 aromatic rings. The van der Waals surface area contributed by atoms with Gasteiger partial charge in [-0.25, -0.2) is 4.79 Å². The largest absolute Gasteiger partial charge is 0.351 e. The van der Waals surface area contributed by atoms with Gasteiger partial charge in [0, 0.05) is 0 Å². The third-order valence-electron chi connectivity index (χ3n) is 2.57. The summed E-state index contributed by atoms with van der Waals surface area (Å²) in [6.07, 6.45) is 3.62. The molecule has 1 aliphatic heterocycles. The number of hydrogen-bond acceptors (Lipinski definition) is 4. The number of urea groups is 1. The first kappa shape index (κ1) is 12.9. The van der Waals surface area contributed by atoms with Crippen molar-refractivity contribution in [2.45, 2.75) is 19.3 Å². The molecule has 16 heavy (non-hydrogen) atoms. The van der Waals surface area contributed by atoms with E-state index in [1.54, 1.807) is 0 Å². The van der Waals surface area contributed by atoms with Crippen LogP contribution in [0.25, 0.3) is 0 Å². The summed E-state index contributed by atoms with van der Waals surface area (Å²) in [5.74, 6) is -0.381. The Morgan fingerprint density at radius 3 is 2.56 bits per heavy atom. The number of imide groups is 1. The van der Waals surface area contributed by atoms with Crippen molar-refractivity contribution >= 4 is 11.9 Å². The molecule has 0 radical (unpaired) electrons. The lowest BCUT2D eigenvalue weighted by Crippen LogP contribution is -2.41. The molecule has 0 spiro atoms. The van der Waals surface area contributed by atoms with Gasteiger partial charge in [0.15, 0.2) is 0 Å². The number of rotatable bonds is 6. The van der Waals surface area contributed by atoms with Gasteiger partial charge in [-0.2, -0.15) is 0 Å². The second-order valence-electron chi connectivity index (χ2n) is 3.99. The lowest BCUT2D eigenvalue weighted by molar-refractivity contribution is -0.119. The molecule has 0 aromatic heterocycles. The van der Waals surface area contributed by atoms with Gasteiger partial charge in [0.2, 0.25) is 5.91 Å². The molecule has 0 aromatic carbocycles. The first-order valence-electron chi connectivity index (χ1n) is 5.71. The zero-order chi connectivity index (χ0) is 11.8. The SMILES string of the molecule is NC(=O)NC(=O)CNCCCN1CCCC1. The summed E-state index contributed by atoms with van der Waals surface area (Å²) in [5, 5.41) is 4.97. The zero-order valence-electron chi connectivity index (χ0n) is 9.50. The van der Waals surface area contributed by atoms with Gasteiger partial charge in [0.25, 0.3) is 0 Å². The van der Waals surface area contributed by atoms with Crippen molar-refractivity contribution in [2.75, 3.05) is 32.7 Å². The summed E-state index contributed by atoms with van der Waals surface area (Å²) in [4.78, 5) is 23.7. The molecule has 0 unspecified atom stereocenters. The monoisotopic (exact) mass is 228 g/mol. The molecule has 6 nitrogen and oxygen atoms in total. The van der Waals surface area contributed by atoms with Gasteiger partial charge >= 0.3 is 6.03 Å². The Balaban J connectivity index is 1.91. The van der Waals surface area contributed by atoms with E-state index in [1.165, 1.54) is 25.9 Å². The number of hydrogen-bond donors (Lipinski definition) is 3. The molecule has 0 aliphatic carbocycles. The Kier molecular flexibility index (Phi) is 5.81. The molecule has 6 heteroatoms. The molecule has 0 atom stereocenters. The molecule has 1 saturated heterocycles. The lowest BCUT2D eigenvalue weighted by Gasteiger charge is -2.14. The standard InChI is InChI=1S/C10H20N4O2/c11-10(16)13-9(15)8-12-4-3-7-14-5-1-2-6-14/h12H,1-8H2,(H3,11,13,15,16). The lowest BCUT2D eigenvalue weighted by atomic mass is 10.4. The third-order valence-corrected chi connectivity index (χ3v) is 2.57. The Hall–Kier alpha value is -1.14. The maximum absolute atomic E-state index is 11.0. The first-order chi connectivity index (χ1) is 7.68. The molecule has 1 fully saturated rings. The van der Waals surface area contributed by atoms with Gasteiger partial charge in [-0.05, 0) is 45.4 Å². The number of nitrogens with zero attached hydrogens (tertiary/aromatic N) is 1. The van der Waals surface area contributed by atoms with Crippen molar-refractivity contribution < 1.29 is 9.59 Å². The van der Waals surface area contributed by atoms with Crippen LogP contribution in [0.4, 0.5) is 4.79 Å². The predicted molar refractivity (Wildman–Crippen MR) is 60.9 cm³/mol. The van der Waals surface area contributed by atoms with E-state index in [-0.39, 0.29) is 12.5 Å². The molecule has 4 N–H and O–H groups in total. The molecular weight excluding hydrogens is 208 g/mol. The topological polar surface area (TPSA) is 87.5 Å². The quantitative estimate of drug-likeness (QED) is 0.522. The fourth-order valence-electron chi connectivity index (χ4n) is 1.82. The Bertz CT molecular complexity index is 239. The maximum Gasteiger partial charge on any atom is 0.318 e. The molecule has 1 rings (SSSR count). The number of carbonyl (C=O) groups is 2. The van der Waals surface area contributed by atoms with Crippen molar-refractivity contribution in [3.8, 4) is 0 Å². The minimum Gasteiger partial charge on any atom is -0.351 e. The van der Waals surface area contributed by atoms with E-state index in [9.17, 15) is 9.59 Å².